The molecule has 0 N–H and O–H groups in total. The van der Waals surface area contributed by atoms with Gasteiger partial charge >= 0.3 is 0 Å². The summed E-state index contributed by atoms with van der Waals surface area (Å²) >= 11 is 3.24. The lowest BCUT2D eigenvalue weighted by molar-refractivity contribution is -0.129. The maximum Gasteiger partial charge on any atom is 0.228 e. The average molecular weight is 397 g/mol. The van der Waals surface area contributed by atoms with E-state index in [1.165, 1.54) is 0 Å². The predicted molar refractivity (Wildman–Crippen MR) is 111 cm³/mol. The molecule has 138 valence electrons. The number of hydrogen-bond donors (Lipinski definition) is 0. The maximum absolute atomic E-state index is 12.7. The van der Waals surface area contributed by atoms with Crippen LogP contribution in [0.25, 0.3) is 21.5 Å². The normalized spacial score (nSPS) is 11.2. The van der Waals surface area contributed by atoms with Gasteiger partial charge in [-0.1, -0.05) is 25.1 Å². The molecule has 1 aromatic carbocycles. The number of amides is 1. The van der Waals surface area contributed by atoms with Crippen LogP contribution >= 0.6 is 22.7 Å². The molecule has 3 heterocycles. The molecule has 6 heteroatoms. The van der Waals surface area contributed by atoms with Crippen molar-refractivity contribution in [2.75, 3.05) is 7.05 Å². The molecule has 0 fully saturated rings. The highest BCUT2D eigenvalue weighted by molar-refractivity contribution is 7.14. The zero-order chi connectivity index (χ0) is 18.8. The summed E-state index contributed by atoms with van der Waals surface area (Å²) in [5, 5.41) is 8.14. The van der Waals surface area contributed by atoms with Gasteiger partial charge in [0.05, 0.1) is 12.1 Å². The Kier molecular flexibility index (Phi) is 5.09. The van der Waals surface area contributed by atoms with Crippen molar-refractivity contribution in [1.82, 2.24) is 9.88 Å². The lowest BCUT2D eigenvalue weighted by atomic mass is 10.1. The van der Waals surface area contributed by atoms with Crippen LogP contribution in [0.1, 0.15) is 23.9 Å². The fourth-order valence-corrected chi connectivity index (χ4v) is 4.66. The van der Waals surface area contributed by atoms with Gasteiger partial charge in [-0.25, -0.2) is 4.98 Å². The maximum atomic E-state index is 12.7. The van der Waals surface area contributed by atoms with Crippen molar-refractivity contribution < 1.29 is 9.21 Å². The van der Waals surface area contributed by atoms with Gasteiger partial charge in [0.25, 0.3) is 0 Å². The SMILES string of the molecule is CCc1oc2ccccc2c1CN(C)C(=O)Cc1csc(-c2ccsc2)n1. The van der Waals surface area contributed by atoms with Crippen LogP contribution in [-0.2, 0) is 24.2 Å². The number of fused-ring (bicyclic) bond motifs is 1. The Bertz CT molecular complexity index is 1060. The van der Waals surface area contributed by atoms with Crippen LogP contribution in [0, 0.1) is 0 Å². The van der Waals surface area contributed by atoms with Crippen LogP contribution in [-0.4, -0.2) is 22.8 Å². The van der Waals surface area contributed by atoms with E-state index in [4.69, 9.17) is 4.42 Å². The highest BCUT2D eigenvalue weighted by Gasteiger charge is 2.18. The number of aryl methyl sites for hydroxylation is 1. The predicted octanol–water partition coefficient (Wildman–Crippen LogP) is 5.38. The van der Waals surface area contributed by atoms with E-state index >= 15 is 0 Å². The number of carbonyl (C=O) groups is 1. The number of nitrogens with zero attached hydrogens (tertiary/aromatic N) is 2. The Morgan fingerprint density at radius 2 is 2.07 bits per heavy atom. The first kappa shape index (κ1) is 17.9. The summed E-state index contributed by atoms with van der Waals surface area (Å²) in [5.74, 6) is 1.01. The van der Waals surface area contributed by atoms with Crippen LogP contribution in [0.5, 0.6) is 0 Å². The highest BCUT2D eigenvalue weighted by Crippen LogP contribution is 2.28. The molecule has 4 rings (SSSR count). The number of para-hydroxylation sites is 1. The summed E-state index contributed by atoms with van der Waals surface area (Å²) in [5.41, 5.74) is 3.92. The second-order valence-electron chi connectivity index (χ2n) is 6.44. The summed E-state index contributed by atoms with van der Waals surface area (Å²) < 4.78 is 5.94. The largest absolute Gasteiger partial charge is 0.461 e. The van der Waals surface area contributed by atoms with Gasteiger partial charge in [0.1, 0.15) is 16.4 Å². The molecule has 3 aromatic heterocycles. The first-order valence-electron chi connectivity index (χ1n) is 8.86. The van der Waals surface area contributed by atoms with E-state index < -0.39 is 0 Å². The number of benzene rings is 1. The van der Waals surface area contributed by atoms with E-state index in [0.717, 1.165) is 45.0 Å². The number of furan rings is 1. The molecule has 27 heavy (non-hydrogen) atoms. The quantitative estimate of drug-likeness (QED) is 0.439. The molecule has 0 aliphatic carbocycles. The van der Waals surface area contributed by atoms with E-state index in [1.54, 1.807) is 27.6 Å². The van der Waals surface area contributed by atoms with E-state index in [2.05, 4.69) is 29.4 Å². The van der Waals surface area contributed by atoms with Crippen LogP contribution in [0.2, 0.25) is 0 Å². The third-order valence-electron chi connectivity index (χ3n) is 4.58. The topological polar surface area (TPSA) is 46.3 Å². The summed E-state index contributed by atoms with van der Waals surface area (Å²) in [6, 6.07) is 10.1. The molecule has 0 spiro atoms. The molecular formula is C21H20N2O2S2. The lowest BCUT2D eigenvalue weighted by Crippen LogP contribution is -2.28. The summed E-state index contributed by atoms with van der Waals surface area (Å²) in [6.07, 6.45) is 1.12. The molecule has 4 aromatic rings. The minimum absolute atomic E-state index is 0.0597. The van der Waals surface area contributed by atoms with Crippen molar-refractivity contribution in [1.29, 1.82) is 0 Å². The van der Waals surface area contributed by atoms with Gasteiger partial charge in [0.2, 0.25) is 5.91 Å². The van der Waals surface area contributed by atoms with Gasteiger partial charge in [0.15, 0.2) is 0 Å². The second kappa shape index (κ2) is 7.66. The Balaban J connectivity index is 1.49. The second-order valence-corrected chi connectivity index (χ2v) is 8.07. The van der Waals surface area contributed by atoms with Crippen molar-refractivity contribution in [2.24, 2.45) is 0 Å². The summed E-state index contributed by atoms with van der Waals surface area (Å²) in [4.78, 5) is 19.1. The van der Waals surface area contributed by atoms with Gasteiger partial charge in [-0.3, -0.25) is 4.79 Å². The molecule has 0 saturated carbocycles. The number of hydrogen-bond acceptors (Lipinski definition) is 5. The van der Waals surface area contributed by atoms with Gasteiger partial charge in [-0.15, -0.1) is 11.3 Å². The van der Waals surface area contributed by atoms with E-state index in [9.17, 15) is 4.79 Å². The zero-order valence-corrected chi connectivity index (χ0v) is 16.9. The Morgan fingerprint density at radius 3 is 2.85 bits per heavy atom. The molecule has 0 saturated heterocycles. The molecule has 0 radical (unpaired) electrons. The Morgan fingerprint density at radius 1 is 1.22 bits per heavy atom. The number of likely N-dealkylation sites (N-methyl/N-ethyl adjacent to an activating group) is 1. The number of thiophene rings is 1. The van der Waals surface area contributed by atoms with E-state index in [1.807, 2.05) is 36.0 Å². The zero-order valence-electron chi connectivity index (χ0n) is 15.3. The number of thiazole rings is 1. The first-order valence-corrected chi connectivity index (χ1v) is 10.7. The van der Waals surface area contributed by atoms with Crippen molar-refractivity contribution in [2.45, 2.75) is 26.3 Å². The molecule has 0 unspecified atom stereocenters. The minimum atomic E-state index is 0.0597. The minimum Gasteiger partial charge on any atom is -0.461 e. The standard InChI is InChI=1S/C21H20N2O2S2/c1-3-18-17(16-6-4-5-7-19(16)25-18)11-23(2)20(24)10-15-13-27-21(22-15)14-8-9-26-12-14/h4-9,12-13H,3,10-11H2,1-2H3. The molecule has 1 amide bonds. The van der Waals surface area contributed by atoms with E-state index in [0.29, 0.717) is 13.0 Å². The number of carbonyl (C=O) groups excluding carboxylic acids is 1. The summed E-state index contributed by atoms with van der Waals surface area (Å²) in [7, 11) is 1.84. The van der Waals surface area contributed by atoms with Crippen LogP contribution in [0.3, 0.4) is 0 Å². The van der Waals surface area contributed by atoms with Crippen molar-refractivity contribution in [3.8, 4) is 10.6 Å². The Hall–Kier alpha value is -2.44. The fraction of sp³-hybridized carbons (Fsp3) is 0.238. The third-order valence-corrected chi connectivity index (χ3v) is 6.20. The van der Waals surface area contributed by atoms with Gasteiger partial charge in [-0.05, 0) is 17.5 Å². The molecular weight excluding hydrogens is 376 g/mol. The van der Waals surface area contributed by atoms with Crippen molar-refractivity contribution >= 4 is 39.5 Å². The van der Waals surface area contributed by atoms with Crippen LogP contribution in [0.15, 0.2) is 50.9 Å². The first-order chi connectivity index (χ1) is 13.2. The Labute approximate surface area is 166 Å². The van der Waals surface area contributed by atoms with Crippen molar-refractivity contribution in [3.05, 3.63) is 63.5 Å². The number of aromatic nitrogens is 1. The monoisotopic (exact) mass is 396 g/mol. The molecule has 4 nitrogen and oxygen atoms in total. The molecule has 0 atom stereocenters. The highest BCUT2D eigenvalue weighted by atomic mass is 32.1. The fourth-order valence-electron chi connectivity index (χ4n) is 3.13. The summed E-state index contributed by atoms with van der Waals surface area (Å²) in [6.45, 7) is 2.62. The smallest absolute Gasteiger partial charge is 0.228 e. The molecule has 0 aliphatic rings. The molecule has 0 bridgehead atoms. The van der Waals surface area contributed by atoms with E-state index in [-0.39, 0.29) is 5.91 Å². The molecule has 0 aliphatic heterocycles. The average Bonchev–Trinajstić information content (AvgIpc) is 3.41. The third kappa shape index (κ3) is 3.68. The van der Waals surface area contributed by atoms with Gasteiger partial charge in [-0.2, -0.15) is 11.3 Å². The number of rotatable bonds is 6. The van der Waals surface area contributed by atoms with Gasteiger partial charge < -0.3 is 9.32 Å². The van der Waals surface area contributed by atoms with Crippen LogP contribution in [0.4, 0.5) is 0 Å². The van der Waals surface area contributed by atoms with Gasteiger partial charge in [0, 0.05) is 47.3 Å². The van der Waals surface area contributed by atoms with Crippen molar-refractivity contribution in [3.63, 3.8) is 0 Å². The lowest BCUT2D eigenvalue weighted by Gasteiger charge is -2.17. The van der Waals surface area contributed by atoms with Crippen LogP contribution < -0.4 is 0 Å².